The maximum Gasteiger partial charge on any atom is 0.352 e. The molecule has 0 aliphatic carbocycles. The molecule has 2 amide bonds. The van der Waals surface area contributed by atoms with Crippen LogP contribution in [0.25, 0.3) is 0 Å². The van der Waals surface area contributed by atoms with Crippen LogP contribution < -0.4 is 5.32 Å². The minimum atomic E-state index is -1.24. The monoisotopic (exact) mass is 449 g/mol. The van der Waals surface area contributed by atoms with Crippen LogP contribution in [-0.2, 0) is 20.8 Å². The first-order valence-electron chi connectivity index (χ1n) is 10.4. The standard InChI is InChI=1S/C16H16N2O5S.C6H15N/c19-7-10-8-24-15-12(14(21)18(15)13(10)16(22)23)17-11(20)6-9-4-2-1-3-5-9;1-4-7(5-2)6-3/h1-5,12,15,19H,6-8H2,(H,17,20)(H,22,23);4-6H2,1-3H3/t12-,15-;/m1./s1. The summed E-state index contributed by atoms with van der Waals surface area (Å²) in [6.07, 6.45) is 0.158. The third kappa shape index (κ3) is 6.09. The summed E-state index contributed by atoms with van der Waals surface area (Å²) in [6.45, 7) is 9.72. The highest BCUT2D eigenvalue weighted by Gasteiger charge is 2.54. The number of nitrogens with one attached hydrogen (secondary N) is 1. The van der Waals surface area contributed by atoms with Gasteiger partial charge in [-0.05, 0) is 30.8 Å². The fourth-order valence-electron chi connectivity index (χ4n) is 3.48. The summed E-state index contributed by atoms with van der Waals surface area (Å²) in [6, 6.07) is 8.42. The Bertz CT molecular complexity index is 805. The molecule has 1 fully saturated rings. The summed E-state index contributed by atoms with van der Waals surface area (Å²) in [5.41, 5.74) is 0.981. The summed E-state index contributed by atoms with van der Waals surface area (Å²) in [4.78, 5) is 39.3. The molecule has 9 heteroatoms. The zero-order valence-electron chi connectivity index (χ0n) is 18.2. The van der Waals surface area contributed by atoms with Crippen LogP contribution in [0.5, 0.6) is 0 Å². The van der Waals surface area contributed by atoms with Crippen molar-refractivity contribution in [1.29, 1.82) is 0 Å². The highest BCUT2D eigenvalue weighted by atomic mass is 32.2. The Morgan fingerprint density at radius 2 is 1.77 bits per heavy atom. The maximum absolute atomic E-state index is 12.3. The molecule has 170 valence electrons. The van der Waals surface area contributed by atoms with Crippen LogP contribution in [-0.4, -0.2) is 81.2 Å². The van der Waals surface area contributed by atoms with Gasteiger partial charge < -0.3 is 20.4 Å². The number of aliphatic hydroxyl groups excluding tert-OH is 1. The lowest BCUT2D eigenvalue weighted by atomic mass is 10.0. The second-order valence-corrected chi connectivity index (χ2v) is 8.26. The molecule has 2 aliphatic rings. The number of aliphatic carboxylic acids is 1. The molecule has 0 unspecified atom stereocenters. The normalized spacial score (nSPS) is 19.9. The summed E-state index contributed by atoms with van der Waals surface area (Å²) in [5.74, 6) is -1.67. The van der Waals surface area contributed by atoms with E-state index in [4.69, 9.17) is 0 Å². The Morgan fingerprint density at radius 3 is 2.26 bits per heavy atom. The molecule has 0 saturated carbocycles. The van der Waals surface area contributed by atoms with Crippen LogP contribution in [0, 0.1) is 0 Å². The van der Waals surface area contributed by atoms with Crippen LogP contribution in [0.3, 0.4) is 0 Å². The number of carbonyl (C=O) groups excluding carboxylic acids is 2. The number of rotatable bonds is 8. The Kier molecular flexibility index (Phi) is 9.54. The van der Waals surface area contributed by atoms with E-state index in [1.165, 1.54) is 31.4 Å². The van der Waals surface area contributed by atoms with Crippen LogP contribution in [0.4, 0.5) is 0 Å². The zero-order valence-corrected chi connectivity index (χ0v) is 19.0. The van der Waals surface area contributed by atoms with Crippen molar-refractivity contribution in [2.45, 2.75) is 38.6 Å². The lowest BCUT2D eigenvalue weighted by Gasteiger charge is -2.49. The number of fused-ring (bicyclic) bond motifs is 1. The molecule has 1 aromatic rings. The van der Waals surface area contributed by atoms with Gasteiger partial charge in [0.1, 0.15) is 17.1 Å². The van der Waals surface area contributed by atoms with Crippen molar-refractivity contribution in [3.05, 3.63) is 47.2 Å². The van der Waals surface area contributed by atoms with Crippen molar-refractivity contribution in [1.82, 2.24) is 15.1 Å². The van der Waals surface area contributed by atoms with Gasteiger partial charge in [-0.25, -0.2) is 4.79 Å². The summed E-state index contributed by atoms with van der Waals surface area (Å²) >= 11 is 1.34. The van der Waals surface area contributed by atoms with Gasteiger partial charge in [0.15, 0.2) is 0 Å². The van der Waals surface area contributed by atoms with E-state index in [1.807, 2.05) is 30.3 Å². The summed E-state index contributed by atoms with van der Waals surface area (Å²) in [7, 11) is 0. The first-order chi connectivity index (χ1) is 14.9. The van der Waals surface area contributed by atoms with E-state index >= 15 is 0 Å². The molecule has 1 aromatic carbocycles. The second-order valence-electron chi connectivity index (χ2n) is 7.15. The van der Waals surface area contributed by atoms with E-state index in [-0.39, 0.29) is 18.0 Å². The predicted molar refractivity (Wildman–Crippen MR) is 120 cm³/mol. The molecule has 3 N–H and O–H groups in total. The molecular weight excluding hydrogens is 418 g/mol. The molecule has 8 nitrogen and oxygen atoms in total. The van der Waals surface area contributed by atoms with E-state index in [9.17, 15) is 24.6 Å². The van der Waals surface area contributed by atoms with Crippen molar-refractivity contribution >= 4 is 29.5 Å². The minimum Gasteiger partial charge on any atom is -0.477 e. The first-order valence-corrected chi connectivity index (χ1v) is 11.5. The van der Waals surface area contributed by atoms with Gasteiger partial charge in [0.05, 0.1) is 13.0 Å². The lowest BCUT2D eigenvalue weighted by molar-refractivity contribution is -0.150. The summed E-state index contributed by atoms with van der Waals surface area (Å²) in [5, 5.41) is 20.8. The number of carboxylic acid groups (broad SMARTS) is 1. The molecule has 0 radical (unpaired) electrons. The smallest absolute Gasteiger partial charge is 0.352 e. The molecule has 2 atom stereocenters. The van der Waals surface area contributed by atoms with E-state index in [2.05, 4.69) is 31.0 Å². The fourth-order valence-corrected chi connectivity index (χ4v) is 4.82. The van der Waals surface area contributed by atoms with E-state index in [0.29, 0.717) is 11.3 Å². The minimum absolute atomic E-state index is 0.158. The van der Waals surface area contributed by atoms with Crippen LogP contribution in [0.15, 0.2) is 41.6 Å². The molecule has 0 spiro atoms. The number of thioether (sulfide) groups is 1. The van der Waals surface area contributed by atoms with Crippen molar-refractivity contribution in [3.8, 4) is 0 Å². The molecule has 3 rings (SSSR count). The molecule has 0 aromatic heterocycles. The van der Waals surface area contributed by atoms with Gasteiger partial charge in [0, 0.05) is 5.75 Å². The van der Waals surface area contributed by atoms with Gasteiger partial charge >= 0.3 is 5.97 Å². The SMILES string of the molecule is CCN(CC)CC.O=C(Cc1ccccc1)N[C@@H]1C(=O)N2C(C(=O)O)=C(CO)CS[C@H]12. The maximum atomic E-state index is 12.3. The third-order valence-corrected chi connectivity index (χ3v) is 6.65. The van der Waals surface area contributed by atoms with Crippen LogP contribution in [0.2, 0.25) is 0 Å². The number of carbonyl (C=O) groups is 3. The van der Waals surface area contributed by atoms with E-state index in [0.717, 1.165) is 10.5 Å². The Morgan fingerprint density at radius 1 is 1.16 bits per heavy atom. The number of aliphatic hydroxyl groups is 1. The molecule has 2 aliphatic heterocycles. The predicted octanol–water partition coefficient (Wildman–Crippen LogP) is 1.31. The second kappa shape index (κ2) is 11.9. The van der Waals surface area contributed by atoms with E-state index < -0.39 is 29.9 Å². The molecule has 31 heavy (non-hydrogen) atoms. The number of carboxylic acids is 1. The van der Waals surface area contributed by atoms with Crippen LogP contribution in [0.1, 0.15) is 26.3 Å². The Hall–Kier alpha value is -2.36. The zero-order chi connectivity index (χ0) is 23.0. The topological polar surface area (TPSA) is 110 Å². The number of benzene rings is 1. The molecule has 2 heterocycles. The third-order valence-electron chi connectivity index (χ3n) is 5.31. The Balaban J connectivity index is 0.000000423. The number of hydrogen-bond donors (Lipinski definition) is 3. The highest BCUT2D eigenvalue weighted by Crippen LogP contribution is 2.40. The van der Waals surface area contributed by atoms with Gasteiger partial charge in [0.25, 0.3) is 5.91 Å². The number of β-lactam (4-membered cyclic amide) rings is 1. The Labute approximate surface area is 187 Å². The molecule has 0 bridgehead atoms. The van der Waals surface area contributed by atoms with Crippen molar-refractivity contribution in [2.75, 3.05) is 32.0 Å². The average molecular weight is 450 g/mol. The van der Waals surface area contributed by atoms with Gasteiger partial charge in [-0.2, -0.15) is 0 Å². The highest BCUT2D eigenvalue weighted by molar-refractivity contribution is 8.00. The largest absolute Gasteiger partial charge is 0.477 e. The quantitative estimate of drug-likeness (QED) is 0.513. The van der Waals surface area contributed by atoms with Gasteiger partial charge in [-0.15, -0.1) is 11.8 Å². The summed E-state index contributed by atoms with van der Waals surface area (Å²) < 4.78 is 0. The van der Waals surface area contributed by atoms with Crippen molar-refractivity contribution in [3.63, 3.8) is 0 Å². The fraction of sp³-hybridized carbons (Fsp3) is 0.500. The van der Waals surface area contributed by atoms with Gasteiger partial charge in [-0.3, -0.25) is 14.5 Å². The number of hydrogen-bond acceptors (Lipinski definition) is 6. The molecule has 1 saturated heterocycles. The van der Waals surface area contributed by atoms with Crippen molar-refractivity contribution < 1.29 is 24.6 Å². The van der Waals surface area contributed by atoms with E-state index in [1.54, 1.807) is 0 Å². The van der Waals surface area contributed by atoms with Gasteiger partial charge in [-0.1, -0.05) is 51.1 Å². The number of nitrogens with zero attached hydrogens (tertiary/aromatic N) is 2. The van der Waals surface area contributed by atoms with Gasteiger partial charge in [0.2, 0.25) is 5.91 Å². The van der Waals surface area contributed by atoms with Crippen molar-refractivity contribution in [2.24, 2.45) is 0 Å². The number of amides is 2. The van der Waals surface area contributed by atoms with Crippen LogP contribution >= 0.6 is 11.8 Å². The molecular formula is C22H31N3O5S. The first kappa shape index (κ1) is 24.9. The average Bonchev–Trinajstić information content (AvgIpc) is 2.78. The lowest BCUT2D eigenvalue weighted by Crippen LogP contribution is -2.70.